The summed E-state index contributed by atoms with van der Waals surface area (Å²) < 4.78 is 27.8. The van der Waals surface area contributed by atoms with Crippen molar-refractivity contribution in [1.29, 1.82) is 0 Å². The van der Waals surface area contributed by atoms with Gasteiger partial charge in [-0.25, -0.2) is 8.42 Å². The third-order valence-corrected chi connectivity index (χ3v) is 8.75. The Kier molecular flexibility index (Phi) is 6.20. The largest absolute Gasteiger partial charge is 0.290 e. The van der Waals surface area contributed by atoms with E-state index in [2.05, 4.69) is 53.4 Å². The van der Waals surface area contributed by atoms with Gasteiger partial charge in [0, 0.05) is 37.8 Å². The van der Waals surface area contributed by atoms with Crippen LogP contribution >= 0.6 is 0 Å². The predicted molar refractivity (Wildman–Crippen MR) is 131 cm³/mol. The van der Waals surface area contributed by atoms with Gasteiger partial charge in [0.05, 0.1) is 16.7 Å². The zero-order chi connectivity index (χ0) is 23.7. The second kappa shape index (κ2) is 9.29. The molecule has 3 aromatic rings. The lowest BCUT2D eigenvalue weighted by Crippen LogP contribution is -2.50. The monoisotopic (exact) mass is 477 g/mol. The fourth-order valence-electron chi connectivity index (χ4n) is 5.23. The average molecular weight is 478 g/mol. The van der Waals surface area contributed by atoms with E-state index in [9.17, 15) is 18.5 Å². The summed E-state index contributed by atoms with van der Waals surface area (Å²) in [6.45, 7) is 1.93. The minimum atomic E-state index is -3.67. The van der Waals surface area contributed by atoms with Gasteiger partial charge in [0.25, 0.3) is 5.69 Å². The number of fused-ring (bicyclic) bond motifs is 2. The summed E-state index contributed by atoms with van der Waals surface area (Å²) in [6.07, 6.45) is 1.99. The number of para-hydroxylation sites is 1. The van der Waals surface area contributed by atoms with Crippen LogP contribution in [-0.4, -0.2) is 48.7 Å². The highest BCUT2D eigenvalue weighted by Gasteiger charge is 2.34. The molecular formula is C26H27N3O4S. The Balaban J connectivity index is 1.37. The Labute approximate surface area is 199 Å². The molecular weight excluding hydrogens is 450 g/mol. The van der Waals surface area contributed by atoms with Gasteiger partial charge in [0.2, 0.25) is 10.0 Å². The Morgan fingerprint density at radius 1 is 0.794 bits per heavy atom. The first kappa shape index (κ1) is 22.7. The van der Waals surface area contributed by atoms with Crippen molar-refractivity contribution in [2.75, 3.05) is 26.2 Å². The van der Waals surface area contributed by atoms with Gasteiger partial charge in [-0.3, -0.25) is 15.0 Å². The SMILES string of the molecule is O=[N+]([O-])c1ccccc1CS(=O)(=O)N1CCN(C2c3ccccc3CCc3ccccc32)CC1. The van der Waals surface area contributed by atoms with E-state index >= 15 is 0 Å². The molecule has 0 N–H and O–H groups in total. The van der Waals surface area contributed by atoms with Crippen LogP contribution in [0.15, 0.2) is 72.8 Å². The number of aryl methyl sites for hydroxylation is 2. The van der Waals surface area contributed by atoms with Crippen molar-refractivity contribution in [2.24, 2.45) is 0 Å². The van der Waals surface area contributed by atoms with Crippen molar-refractivity contribution in [2.45, 2.75) is 24.6 Å². The Morgan fingerprint density at radius 3 is 1.91 bits per heavy atom. The van der Waals surface area contributed by atoms with Crippen LogP contribution in [0.1, 0.15) is 33.9 Å². The summed E-state index contributed by atoms with van der Waals surface area (Å²) in [7, 11) is -3.67. The molecule has 1 aliphatic carbocycles. The predicted octanol–water partition coefficient (Wildman–Crippen LogP) is 3.93. The average Bonchev–Trinajstić information content (AvgIpc) is 3.01. The van der Waals surface area contributed by atoms with Gasteiger partial charge in [0.1, 0.15) is 0 Å². The molecule has 1 fully saturated rings. The quantitative estimate of drug-likeness (QED) is 0.411. The van der Waals surface area contributed by atoms with Gasteiger partial charge in [-0.1, -0.05) is 66.7 Å². The molecule has 5 rings (SSSR count). The highest BCUT2D eigenvalue weighted by molar-refractivity contribution is 7.88. The molecule has 1 aliphatic heterocycles. The summed E-state index contributed by atoms with van der Waals surface area (Å²) in [4.78, 5) is 13.2. The van der Waals surface area contributed by atoms with E-state index in [1.54, 1.807) is 12.1 Å². The van der Waals surface area contributed by atoms with Gasteiger partial charge in [0.15, 0.2) is 0 Å². The van der Waals surface area contributed by atoms with Gasteiger partial charge in [-0.15, -0.1) is 0 Å². The maximum atomic E-state index is 13.1. The van der Waals surface area contributed by atoms with Gasteiger partial charge in [-0.2, -0.15) is 4.31 Å². The molecule has 0 radical (unpaired) electrons. The van der Waals surface area contributed by atoms with Crippen LogP contribution < -0.4 is 0 Å². The summed E-state index contributed by atoms with van der Waals surface area (Å²) in [5.41, 5.74) is 5.34. The number of nitrogens with zero attached hydrogens (tertiary/aromatic N) is 3. The first-order valence-corrected chi connectivity index (χ1v) is 13.1. The number of nitro benzene ring substituents is 1. The van der Waals surface area contributed by atoms with Gasteiger partial charge < -0.3 is 0 Å². The zero-order valence-electron chi connectivity index (χ0n) is 18.8. The number of benzene rings is 3. The number of rotatable bonds is 5. The van der Waals surface area contributed by atoms with E-state index in [0.29, 0.717) is 26.2 Å². The fourth-order valence-corrected chi connectivity index (χ4v) is 6.77. The van der Waals surface area contributed by atoms with Crippen LogP contribution in [0, 0.1) is 10.1 Å². The summed E-state index contributed by atoms with van der Waals surface area (Å²) in [5.74, 6) is -0.362. The Bertz CT molecular complexity index is 1270. The molecule has 2 aliphatic rings. The minimum absolute atomic E-state index is 0.0926. The Hall–Kier alpha value is -3.07. The van der Waals surface area contributed by atoms with E-state index in [1.165, 1.54) is 38.7 Å². The zero-order valence-corrected chi connectivity index (χ0v) is 19.7. The molecule has 7 nitrogen and oxygen atoms in total. The summed E-state index contributed by atoms with van der Waals surface area (Å²) in [6, 6.07) is 23.2. The molecule has 0 amide bonds. The molecule has 34 heavy (non-hydrogen) atoms. The molecule has 0 aromatic heterocycles. The molecule has 3 aromatic carbocycles. The minimum Gasteiger partial charge on any atom is -0.290 e. The van der Waals surface area contributed by atoms with Crippen LogP contribution in [0.4, 0.5) is 5.69 Å². The lowest BCUT2D eigenvalue weighted by atomic mass is 9.93. The van der Waals surface area contributed by atoms with Crippen LogP contribution in [-0.2, 0) is 28.6 Å². The molecule has 1 heterocycles. The van der Waals surface area contributed by atoms with Crippen molar-refractivity contribution in [3.63, 3.8) is 0 Å². The molecule has 0 spiro atoms. The van der Waals surface area contributed by atoms with Gasteiger partial charge >= 0.3 is 0 Å². The van der Waals surface area contributed by atoms with E-state index < -0.39 is 14.9 Å². The van der Waals surface area contributed by atoms with Crippen molar-refractivity contribution in [3.8, 4) is 0 Å². The van der Waals surface area contributed by atoms with Crippen LogP contribution in [0.2, 0.25) is 0 Å². The molecule has 1 saturated heterocycles. The Morgan fingerprint density at radius 2 is 1.32 bits per heavy atom. The van der Waals surface area contributed by atoms with E-state index in [1.807, 2.05) is 0 Å². The smallest absolute Gasteiger partial charge is 0.273 e. The van der Waals surface area contributed by atoms with Crippen molar-refractivity contribution in [1.82, 2.24) is 9.21 Å². The highest BCUT2D eigenvalue weighted by atomic mass is 32.2. The van der Waals surface area contributed by atoms with Crippen molar-refractivity contribution in [3.05, 3.63) is 111 Å². The van der Waals surface area contributed by atoms with E-state index in [4.69, 9.17) is 0 Å². The summed E-state index contributed by atoms with van der Waals surface area (Å²) >= 11 is 0. The standard InChI is InChI=1S/C26H27N3O4S/c30-29(31)25-12-6-3-9-22(25)19-34(32,33)28-17-15-27(16-18-28)26-23-10-4-1-7-20(23)13-14-21-8-2-5-11-24(21)26/h1-12,26H,13-19H2. The summed E-state index contributed by atoms with van der Waals surface area (Å²) in [5, 5.41) is 11.3. The van der Waals surface area contributed by atoms with Crippen molar-refractivity contribution >= 4 is 15.7 Å². The fraction of sp³-hybridized carbons (Fsp3) is 0.308. The normalized spacial score (nSPS) is 17.5. The third kappa shape index (κ3) is 4.36. The number of hydrogen-bond acceptors (Lipinski definition) is 5. The molecule has 8 heteroatoms. The van der Waals surface area contributed by atoms with E-state index in [-0.39, 0.29) is 23.0 Å². The maximum absolute atomic E-state index is 13.1. The lowest BCUT2D eigenvalue weighted by molar-refractivity contribution is -0.385. The molecule has 176 valence electrons. The molecule has 0 saturated carbocycles. The molecule has 0 unspecified atom stereocenters. The third-order valence-electron chi connectivity index (χ3n) is 6.92. The van der Waals surface area contributed by atoms with E-state index in [0.717, 1.165) is 12.8 Å². The lowest BCUT2D eigenvalue weighted by Gasteiger charge is -2.39. The highest BCUT2D eigenvalue weighted by Crippen LogP contribution is 2.37. The van der Waals surface area contributed by atoms with Gasteiger partial charge in [-0.05, 0) is 35.1 Å². The van der Waals surface area contributed by atoms with Crippen LogP contribution in [0.5, 0.6) is 0 Å². The number of nitro groups is 1. The maximum Gasteiger partial charge on any atom is 0.273 e. The topological polar surface area (TPSA) is 83.8 Å². The van der Waals surface area contributed by atoms with Crippen LogP contribution in [0.25, 0.3) is 0 Å². The van der Waals surface area contributed by atoms with Crippen molar-refractivity contribution < 1.29 is 13.3 Å². The first-order valence-electron chi connectivity index (χ1n) is 11.5. The second-order valence-corrected chi connectivity index (χ2v) is 10.8. The second-order valence-electron chi connectivity index (χ2n) is 8.88. The number of sulfonamides is 1. The molecule has 0 bridgehead atoms. The number of piperazine rings is 1. The molecule has 0 atom stereocenters. The first-order chi connectivity index (χ1) is 16.4. The number of hydrogen-bond donors (Lipinski definition) is 0. The van der Waals surface area contributed by atoms with Crippen LogP contribution in [0.3, 0.4) is 0 Å².